The van der Waals surface area contributed by atoms with Gasteiger partial charge in [-0.15, -0.1) is 23.2 Å². The molecule has 1 atom stereocenters. The Balaban J connectivity index is 1.81. The third kappa shape index (κ3) is 3.43. The molecule has 1 heterocycles. The topological polar surface area (TPSA) is 67.9 Å². The molecule has 25 heavy (non-hydrogen) atoms. The summed E-state index contributed by atoms with van der Waals surface area (Å²) in [5, 5.41) is 2.79. The number of methoxy groups -OCH3 is 1. The lowest BCUT2D eigenvalue weighted by molar-refractivity contribution is -0.120. The van der Waals surface area contributed by atoms with E-state index in [0.29, 0.717) is 49.7 Å². The lowest BCUT2D eigenvalue weighted by Crippen LogP contribution is -2.40. The second kappa shape index (κ2) is 6.67. The molecule has 0 unspecified atom stereocenters. The van der Waals surface area contributed by atoms with Crippen molar-refractivity contribution in [1.29, 1.82) is 0 Å². The van der Waals surface area contributed by atoms with E-state index in [2.05, 4.69) is 5.32 Å². The summed E-state index contributed by atoms with van der Waals surface area (Å²) in [5.41, 5.74) is 0.0385. The number of alkyl halides is 2. The Morgan fingerprint density at radius 3 is 2.48 bits per heavy atom. The number of nitrogens with zero attached hydrogens (tertiary/aromatic N) is 1. The zero-order valence-corrected chi connectivity index (χ0v) is 15.6. The van der Waals surface area contributed by atoms with Crippen LogP contribution in [0.5, 0.6) is 5.75 Å². The third-order valence-electron chi connectivity index (χ3n) is 4.75. The van der Waals surface area contributed by atoms with Gasteiger partial charge in [-0.3, -0.25) is 9.59 Å². The van der Waals surface area contributed by atoms with Crippen molar-refractivity contribution >= 4 is 40.7 Å². The van der Waals surface area contributed by atoms with Gasteiger partial charge in [-0.2, -0.15) is 0 Å². The van der Waals surface area contributed by atoms with Crippen molar-refractivity contribution in [1.82, 2.24) is 4.90 Å². The van der Waals surface area contributed by atoms with E-state index in [4.69, 9.17) is 32.7 Å². The van der Waals surface area contributed by atoms with E-state index < -0.39 is 9.75 Å². The number of hydrogen-bond donors (Lipinski definition) is 1. The van der Waals surface area contributed by atoms with Crippen LogP contribution < -0.4 is 10.1 Å². The number of amides is 2. The van der Waals surface area contributed by atoms with Crippen LogP contribution in [0, 0.1) is 5.41 Å². The lowest BCUT2D eigenvalue weighted by atomic mass is 10.1. The summed E-state index contributed by atoms with van der Waals surface area (Å²) < 4.78 is 9.49. The van der Waals surface area contributed by atoms with Crippen LogP contribution in [0.15, 0.2) is 18.2 Å². The number of halogens is 2. The fourth-order valence-electron chi connectivity index (χ4n) is 2.79. The van der Waals surface area contributed by atoms with Crippen LogP contribution in [0.3, 0.4) is 0 Å². The molecule has 1 saturated carbocycles. The molecular weight excluding hydrogens is 367 g/mol. The molecule has 1 aliphatic heterocycles. The van der Waals surface area contributed by atoms with Gasteiger partial charge in [0.15, 0.2) is 0 Å². The molecule has 1 aliphatic carbocycles. The normalized spacial score (nSPS) is 24.6. The van der Waals surface area contributed by atoms with Gasteiger partial charge < -0.3 is 19.7 Å². The quantitative estimate of drug-likeness (QED) is 0.807. The van der Waals surface area contributed by atoms with Crippen LogP contribution in [-0.2, 0) is 9.53 Å². The number of carbonyl (C=O) groups is 2. The number of rotatable bonds is 4. The minimum absolute atomic E-state index is 0.108. The Morgan fingerprint density at radius 2 is 1.92 bits per heavy atom. The third-order valence-corrected chi connectivity index (χ3v) is 5.85. The molecule has 2 fully saturated rings. The first kappa shape index (κ1) is 18.3. The van der Waals surface area contributed by atoms with Crippen molar-refractivity contribution in [2.45, 2.75) is 17.7 Å². The Hall–Kier alpha value is -1.50. The number of anilines is 1. The highest BCUT2D eigenvalue weighted by molar-refractivity contribution is 6.53. The highest BCUT2D eigenvalue weighted by Gasteiger charge is 2.68. The highest BCUT2D eigenvalue weighted by atomic mass is 35.5. The van der Waals surface area contributed by atoms with Gasteiger partial charge in [-0.05, 0) is 31.5 Å². The van der Waals surface area contributed by atoms with Crippen LogP contribution in [0.2, 0.25) is 0 Å². The van der Waals surface area contributed by atoms with Gasteiger partial charge >= 0.3 is 0 Å². The number of morpholine rings is 1. The minimum Gasteiger partial charge on any atom is -0.495 e. The Labute approximate surface area is 156 Å². The predicted octanol–water partition coefficient (Wildman–Crippen LogP) is 2.69. The van der Waals surface area contributed by atoms with Gasteiger partial charge in [0.2, 0.25) is 5.91 Å². The second-order valence-corrected chi connectivity index (χ2v) is 7.97. The van der Waals surface area contributed by atoms with Gasteiger partial charge in [-0.25, -0.2) is 0 Å². The van der Waals surface area contributed by atoms with Crippen LogP contribution in [0.1, 0.15) is 23.7 Å². The van der Waals surface area contributed by atoms with Crippen molar-refractivity contribution in [3.63, 3.8) is 0 Å². The molecule has 1 aromatic rings. The molecule has 0 bridgehead atoms. The number of carbonyl (C=O) groups excluding carboxylic acids is 2. The summed E-state index contributed by atoms with van der Waals surface area (Å²) in [7, 11) is 1.50. The van der Waals surface area contributed by atoms with Crippen molar-refractivity contribution in [3.8, 4) is 5.75 Å². The van der Waals surface area contributed by atoms with Crippen LogP contribution in [0.25, 0.3) is 0 Å². The van der Waals surface area contributed by atoms with Crippen LogP contribution in [-0.4, -0.2) is 54.5 Å². The van der Waals surface area contributed by atoms with Gasteiger partial charge in [0.05, 0.1) is 31.4 Å². The molecular formula is C17H20Cl2N2O4. The molecule has 1 N–H and O–H groups in total. The maximum atomic E-state index is 12.6. The predicted molar refractivity (Wildman–Crippen MR) is 95.5 cm³/mol. The molecule has 1 saturated heterocycles. The lowest BCUT2D eigenvalue weighted by Gasteiger charge is -2.27. The van der Waals surface area contributed by atoms with Gasteiger partial charge in [-0.1, -0.05) is 0 Å². The zero-order chi connectivity index (χ0) is 18.2. The maximum Gasteiger partial charge on any atom is 0.254 e. The summed E-state index contributed by atoms with van der Waals surface area (Å²) >= 11 is 12.1. The number of hydrogen-bond acceptors (Lipinski definition) is 4. The van der Waals surface area contributed by atoms with Crippen LogP contribution in [0.4, 0.5) is 5.69 Å². The smallest absolute Gasteiger partial charge is 0.254 e. The molecule has 3 rings (SSSR count). The molecule has 1 aromatic carbocycles. The molecule has 0 spiro atoms. The first-order chi connectivity index (χ1) is 11.8. The summed E-state index contributed by atoms with van der Waals surface area (Å²) in [6.07, 6.45) is 0.379. The number of ether oxygens (including phenoxy) is 2. The average Bonchev–Trinajstić information content (AvgIpc) is 3.14. The Kier molecular flexibility index (Phi) is 4.88. The first-order valence-corrected chi connectivity index (χ1v) is 8.78. The minimum atomic E-state index is -1.06. The fourth-order valence-corrected chi connectivity index (χ4v) is 3.50. The molecule has 0 aromatic heterocycles. The van der Waals surface area contributed by atoms with Gasteiger partial charge in [0, 0.05) is 18.7 Å². The van der Waals surface area contributed by atoms with Crippen molar-refractivity contribution < 1.29 is 19.1 Å². The first-order valence-electron chi connectivity index (χ1n) is 8.03. The summed E-state index contributed by atoms with van der Waals surface area (Å²) in [4.78, 5) is 26.9. The van der Waals surface area contributed by atoms with E-state index in [1.54, 1.807) is 30.0 Å². The number of nitrogens with one attached hydrogen (secondary N) is 1. The highest BCUT2D eigenvalue weighted by Crippen LogP contribution is 2.64. The zero-order valence-electron chi connectivity index (χ0n) is 14.1. The molecule has 2 amide bonds. The van der Waals surface area contributed by atoms with E-state index in [1.807, 2.05) is 0 Å². The largest absolute Gasteiger partial charge is 0.495 e. The van der Waals surface area contributed by atoms with Crippen molar-refractivity contribution in [2.75, 3.05) is 38.7 Å². The Morgan fingerprint density at radius 1 is 1.28 bits per heavy atom. The molecule has 8 heteroatoms. The van der Waals surface area contributed by atoms with E-state index in [0.717, 1.165) is 0 Å². The average molecular weight is 387 g/mol. The maximum absolute atomic E-state index is 12.6. The SMILES string of the molecule is COc1ccc(C(=O)N2CCOCC2)cc1NC(=O)[C@]1(C)CC1(Cl)Cl. The molecule has 6 nitrogen and oxygen atoms in total. The molecule has 2 aliphatic rings. The summed E-state index contributed by atoms with van der Waals surface area (Å²) in [6, 6.07) is 4.95. The monoisotopic (exact) mass is 386 g/mol. The second-order valence-electron chi connectivity index (χ2n) is 6.49. The van der Waals surface area contributed by atoms with Gasteiger partial charge in [0.1, 0.15) is 10.1 Å². The summed E-state index contributed by atoms with van der Waals surface area (Å²) in [5.74, 6) is 0.0563. The molecule has 0 radical (unpaired) electrons. The van der Waals surface area contributed by atoms with Crippen molar-refractivity contribution in [2.24, 2.45) is 5.41 Å². The fraction of sp³-hybridized carbons (Fsp3) is 0.529. The molecule has 136 valence electrons. The Bertz CT molecular complexity index is 704. The number of benzene rings is 1. The van der Waals surface area contributed by atoms with Crippen LogP contribution >= 0.6 is 23.2 Å². The van der Waals surface area contributed by atoms with Crippen molar-refractivity contribution in [3.05, 3.63) is 23.8 Å². The van der Waals surface area contributed by atoms with E-state index in [-0.39, 0.29) is 11.8 Å². The van der Waals surface area contributed by atoms with Gasteiger partial charge in [0.25, 0.3) is 5.91 Å². The van der Waals surface area contributed by atoms with E-state index in [9.17, 15) is 9.59 Å². The van der Waals surface area contributed by atoms with E-state index in [1.165, 1.54) is 7.11 Å². The summed E-state index contributed by atoms with van der Waals surface area (Å²) in [6.45, 7) is 3.85. The standard InChI is InChI=1S/C17H20Cl2N2O4/c1-16(10-17(16,18)19)15(23)20-12-9-11(3-4-13(12)24-2)14(22)21-5-7-25-8-6-21/h3-4,9H,5-8,10H2,1-2H3,(H,20,23)/t16-/m0/s1. The van der Waals surface area contributed by atoms with E-state index >= 15 is 0 Å².